The van der Waals surface area contributed by atoms with Gasteiger partial charge < -0.3 is 10.6 Å². The molecule has 0 bridgehead atoms. The first-order chi connectivity index (χ1) is 8.52. The summed E-state index contributed by atoms with van der Waals surface area (Å²) in [6.45, 7) is 5.70. The fourth-order valence-corrected chi connectivity index (χ4v) is 1.77. The summed E-state index contributed by atoms with van der Waals surface area (Å²) in [6, 6.07) is 7.55. The molecular weight excluding hydrogens is 248 g/mol. The SMILES string of the molecule is CC(C)CCN(Cc1ccc(Cl)cc1)C(=O)CN. The minimum atomic E-state index is -0.00870. The van der Waals surface area contributed by atoms with Crippen molar-refractivity contribution in [2.45, 2.75) is 26.8 Å². The third-order valence-electron chi connectivity index (χ3n) is 2.79. The van der Waals surface area contributed by atoms with Crippen LogP contribution in [0, 0.1) is 5.92 Å². The summed E-state index contributed by atoms with van der Waals surface area (Å²) in [6.07, 6.45) is 0.985. The van der Waals surface area contributed by atoms with E-state index in [9.17, 15) is 4.79 Å². The van der Waals surface area contributed by atoms with Gasteiger partial charge >= 0.3 is 0 Å². The maximum absolute atomic E-state index is 11.8. The van der Waals surface area contributed by atoms with Crippen LogP contribution >= 0.6 is 11.6 Å². The van der Waals surface area contributed by atoms with Crippen molar-refractivity contribution in [2.24, 2.45) is 11.7 Å². The fraction of sp³-hybridized carbons (Fsp3) is 0.500. The molecule has 1 aromatic carbocycles. The summed E-state index contributed by atoms with van der Waals surface area (Å²) in [5.74, 6) is 0.564. The highest BCUT2D eigenvalue weighted by Crippen LogP contribution is 2.12. The van der Waals surface area contributed by atoms with Gasteiger partial charge in [0.05, 0.1) is 6.54 Å². The van der Waals surface area contributed by atoms with Gasteiger partial charge in [0, 0.05) is 18.1 Å². The van der Waals surface area contributed by atoms with Gasteiger partial charge in [0.15, 0.2) is 0 Å². The summed E-state index contributed by atoms with van der Waals surface area (Å²) in [5, 5.41) is 0.706. The van der Waals surface area contributed by atoms with Crippen molar-refractivity contribution in [3.05, 3.63) is 34.9 Å². The van der Waals surface area contributed by atoms with E-state index in [-0.39, 0.29) is 12.5 Å². The molecule has 0 spiro atoms. The maximum Gasteiger partial charge on any atom is 0.236 e. The molecule has 0 unspecified atom stereocenters. The molecule has 0 aliphatic rings. The smallest absolute Gasteiger partial charge is 0.236 e. The molecule has 2 N–H and O–H groups in total. The molecule has 1 rings (SSSR count). The summed E-state index contributed by atoms with van der Waals surface area (Å²) in [7, 11) is 0. The number of hydrogen-bond donors (Lipinski definition) is 1. The topological polar surface area (TPSA) is 46.3 Å². The summed E-state index contributed by atoms with van der Waals surface area (Å²) < 4.78 is 0. The zero-order valence-corrected chi connectivity index (χ0v) is 11.8. The monoisotopic (exact) mass is 268 g/mol. The molecule has 3 nitrogen and oxygen atoms in total. The van der Waals surface area contributed by atoms with Gasteiger partial charge in [-0.25, -0.2) is 0 Å². The van der Waals surface area contributed by atoms with E-state index in [2.05, 4.69) is 13.8 Å². The van der Waals surface area contributed by atoms with Crippen LogP contribution in [0.4, 0.5) is 0 Å². The maximum atomic E-state index is 11.8. The number of hydrogen-bond acceptors (Lipinski definition) is 2. The van der Waals surface area contributed by atoms with Crippen LogP contribution in [0.1, 0.15) is 25.8 Å². The average Bonchev–Trinajstić information content (AvgIpc) is 2.35. The lowest BCUT2D eigenvalue weighted by atomic mass is 10.1. The summed E-state index contributed by atoms with van der Waals surface area (Å²) in [4.78, 5) is 13.6. The Hall–Kier alpha value is -1.06. The molecule has 0 saturated carbocycles. The second kappa shape index (κ2) is 7.39. The third kappa shape index (κ3) is 5.07. The summed E-state index contributed by atoms with van der Waals surface area (Å²) in [5.41, 5.74) is 6.52. The average molecular weight is 269 g/mol. The molecule has 4 heteroatoms. The van der Waals surface area contributed by atoms with Crippen LogP contribution in [0.2, 0.25) is 5.02 Å². The molecule has 0 aliphatic heterocycles. The van der Waals surface area contributed by atoms with Crippen molar-refractivity contribution in [1.82, 2.24) is 4.90 Å². The van der Waals surface area contributed by atoms with Gasteiger partial charge in [0.1, 0.15) is 0 Å². The number of rotatable bonds is 6. The normalized spacial score (nSPS) is 10.7. The largest absolute Gasteiger partial charge is 0.337 e. The number of carbonyl (C=O) groups is 1. The molecule has 0 atom stereocenters. The van der Waals surface area contributed by atoms with Crippen molar-refractivity contribution in [3.63, 3.8) is 0 Å². The van der Waals surface area contributed by atoms with Crippen LogP contribution in [0.15, 0.2) is 24.3 Å². The molecule has 0 radical (unpaired) electrons. The van der Waals surface area contributed by atoms with E-state index in [1.807, 2.05) is 29.2 Å². The lowest BCUT2D eigenvalue weighted by Gasteiger charge is -2.23. The number of nitrogens with two attached hydrogens (primary N) is 1. The lowest BCUT2D eigenvalue weighted by molar-refractivity contribution is -0.130. The van der Waals surface area contributed by atoms with E-state index in [0.717, 1.165) is 18.5 Å². The molecule has 0 aromatic heterocycles. The molecular formula is C14H21ClN2O. The number of halogens is 1. The van der Waals surface area contributed by atoms with Crippen LogP contribution < -0.4 is 5.73 Å². The molecule has 100 valence electrons. The van der Waals surface area contributed by atoms with Crippen molar-refractivity contribution in [1.29, 1.82) is 0 Å². The van der Waals surface area contributed by atoms with E-state index in [0.29, 0.717) is 17.5 Å². The van der Waals surface area contributed by atoms with Crippen molar-refractivity contribution in [2.75, 3.05) is 13.1 Å². The van der Waals surface area contributed by atoms with Gasteiger partial charge in [0.25, 0.3) is 0 Å². The Morgan fingerprint density at radius 1 is 1.33 bits per heavy atom. The number of benzene rings is 1. The minimum Gasteiger partial charge on any atom is -0.337 e. The molecule has 18 heavy (non-hydrogen) atoms. The lowest BCUT2D eigenvalue weighted by Crippen LogP contribution is -2.36. The Morgan fingerprint density at radius 2 is 1.94 bits per heavy atom. The highest BCUT2D eigenvalue weighted by Gasteiger charge is 2.12. The standard InChI is InChI=1S/C14H21ClN2O/c1-11(2)7-8-17(14(18)9-16)10-12-3-5-13(15)6-4-12/h3-6,11H,7-10,16H2,1-2H3. The van der Waals surface area contributed by atoms with E-state index in [1.165, 1.54) is 0 Å². The second-order valence-electron chi connectivity index (χ2n) is 4.83. The highest BCUT2D eigenvalue weighted by molar-refractivity contribution is 6.30. The van der Waals surface area contributed by atoms with Crippen LogP contribution in [0.3, 0.4) is 0 Å². The highest BCUT2D eigenvalue weighted by atomic mass is 35.5. The number of nitrogens with zero attached hydrogens (tertiary/aromatic N) is 1. The van der Waals surface area contributed by atoms with Crippen molar-refractivity contribution >= 4 is 17.5 Å². The molecule has 1 aromatic rings. The third-order valence-corrected chi connectivity index (χ3v) is 3.04. The Balaban J connectivity index is 2.65. The van der Waals surface area contributed by atoms with Crippen LogP contribution in [0.25, 0.3) is 0 Å². The van der Waals surface area contributed by atoms with Crippen molar-refractivity contribution in [3.8, 4) is 0 Å². The quantitative estimate of drug-likeness (QED) is 0.862. The molecule has 1 amide bonds. The van der Waals surface area contributed by atoms with Crippen LogP contribution in [-0.2, 0) is 11.3 Å². The predicted molar refractivity (Wildman–Crippen MR) is 75.4 cm³/mol. The number of carbonyl (C=O) groups excluding carboxylic acids is 1. The molecule has 0 heterocycles. The van der Waals surface area contributed by atoms with E-state index < -0.39 is 0 Å². The molecule has 0 fully saturated rings. The van der Waals surface area contributed by atoms with E-state index in [1.54, 1.807) is 0 Å². The second-order valence-corrected chi connectivity index (χ2v) is 5.26. The summed E-state index contributed by atoms with van der Waals surface area (Å²) >= 11 is 5.84. The van der Waals surface area contributed by atoms with Gasteiger partial charge in [-0.2, -0.15) is 0 Å². The van der Waals surface area contributed by atoms with Gasteiger partial charge in [-0.05, 0) is 30.0 Å². The van der Waals surface area contributed by atoms with E-state index in [4.69, 9.17) is 17.3 Å². The zero-order chi connectivity index (χ0) is 13.5. The van der Waals surface area contributed by atoms with Gasteiger partial charge in [-0.15, -0.1) is 0 Å². The van der Waals surface area contributed by atoms with Crippen molar-refractivity contribution < 1.29 is 4.79 Å². The first-order valence-corrected chi connectivity index (χ1v) is 6.63. The Kier molecular flexibility index (Phi) is 6.16. The predicted octanol–water partition coefficient (Wildman–Crippen LogP) is 2.67. The first-order valence-electron chi connectivity index (χ1n) is 6.25. The molecule has 0 aliphatic carbocycles. The minimum absolute atomic E-state index is 0.00870. The van der Waals surface area contributed by atoms with Gasteiger partial charge in [-0.1, -0.05) is 37.6 Å². The Morgan fingerprint density at radius 3 is 2.44 bits per heavy atom. The Bertz CT molecular complexity index is 376. The van der Waals surface area contributed by atoms with E-state index >= 15 is 0 Å². The van der Waals surface area contributed by atoms with Crippen LogP contribution in [-0.4, -0.2) is 23.9 Å². The van der Waals surface area contributed by atoms with Gasteiger partial charge in [-0.3, -0.25) is 4.79 Å². The molecule has 0 saturated heterocycles. The zero-order valence-electron chi connectivity index (χ0n) is 11.0. The van der Waals surface area contributed by atoms with Crippen LogP contribution in [0.5, 0.6) is 0 Å². The number of amides is 1. The Labute approximate surface area is 114 Å². The fourth-order valence-electron chi connectivity index (χ4n) is 1.65. The van der Waals surface area contributed by atoms with Gasteiger partial charge in [0.2, 0.25) is 5.91 Å². The first kappa shape index (κ1) is 15.0.